The summed E-state index contributed by atoms with van der Waals surface area (Å²) in [5, 5.41) is 8.36. The lowest BCUT2D eigenvalue weighted by Gasteiger charge is -2.09. The Morgan fingerprint density at radius 1 is 1.75 bits per heavy atom. The van der Waals surface area contributed by atoms with Crippen LogP contribution in [0.4, 0.5) is 0 Å². The molecule has 0 saturated heterocycles. The minimum absolute atomic E-state index is 0.0278. The first-order chi connectivity index (χ1) is 3.85. The largest absolute Gasteiger partial charge is 0.396 e. The molecule has 0 amide bonds. The van der Waals surface area contributed by atoms with E-state index in [0.717, 1.165) is 0 Å². The zero-order chi connectivity index (χ0) is 6.41. The molecule has 0 aromatic carbocycles. The summed E-state index contributed by atoms with van der Waals surface area (Å²) in [4.78, 5) is 0. The monoisotopic (exact) mass is 119 g/mol. The van der Waals surface area contributed by atoms with E-state index in [1.807, 2.05) is 0 Å². The molecule has 0 aromatic rings. The van der Waals surface area contributed by atoms with Crippen LogP contribution in [-0.4, -0.2) is 31.5 Å². The van der Waals surface area contributed by atoms with Gasteiger partial charge in [0.05, 0.1) is 6.10 Å². The third-order valence-electron chi connectivity index (χ3n) is 1.05. The molecule has 0 aliphatic rings. The summed E-state index contributed by atoms with van der Waals surface area (Å²) < 4.78 is 4.85. The molecule has 0 rings (SSSR count). The standard InChI is InChI=1S/C5H13NO2/c1-8-5(4-6)2-3-7/h5,7H,2-4,6H2,1H3. The maximum atomic E-state index is 8.36. The third-order valence-corrected chi connectivity index (χ3v) is 1.05. The first-order valence-electron chi connectivity index (χ1n) is 2.68. The Labute approximate surface area is 49.4 Å². The Hall–Kier alpha value is -0.120. The number of rotatable bonds is 4. The first-order valence-corrected chi connectivity index (χ1v) is 2.68. The lowest BCUT2D eigenvalue weighted by Crippen LogP contribution is -2.23. The summed E-state index contributed by atoms with van der Waals surface area (Å²) in [6.45, 7) is 0.632. The van der Waals surface area contributed by atoms with Gasteiger partial charge in [-0.2, -0.15) is 0 Å². The van der Waals surface area contributed by atoms with Gasteiger partial charge in [0.25, 0.3) is 0 Å². The minimum Gasteiger partial charge on any atom is -0.396 e. The van der Waals surface area contributed by atoms with Gasteiger partial charge in [0.2, 0.25) is 0 Å². The molecule has 0 spiro atoms. The van der Waals surface area contributed by atoms with Gasteiger partial charge < -0.3 is 15.6 Å². The highest BCUT2D eigenvalue weighted by atomic mass is 16.5. The second-order valence-electron chi connectivity index (χ2n) is 1.61. The average molecular weight is 119 g/mol. The van der Waals surface area contributed by atoms with E-state index in [2.05, 4.69) is 0 Å². The molecule has 0 radical (unpaired) electrons. The first kappa shape index (κ1) is 7.88. The van der Waals surface area contributed by atoms with Crippen molar-refractivity contribution >= 4 is 0 Å². The molecule has 0 aliphatic carbocycles. The molecule has 0 saturated carbocycles. The zero-order valence-electron chi connectivity index (χ0n) is 5.13. The van der Waals surface area contributed by atoms with E-state index in [9.17, 15) is 0 Å². The van der Waals surface area contributed by atoms with Crippen molar-refractivity contribution in [1.82, 2.24) is 0 Å². The Balaban J connectivity index is 3.07. The van der Waals surface area contributed by atoms with Gasteiger partial charge in [-0.25, -0.2) is 0 Å². The van der Waals surface area contributed by atoms with Gasteiger partial charge in [-0.3, -0.25) is 0 Å². The van der Waals surface area contributed by atoms with Crippen molar-refractivity contribution in [3.05, 3.63) is 0 Å². The topological polar surface area (TPSA) is 55.5 Å². The van der Waals surface area contributed by atoms with Gasteiger partial charge in [-0.05, 0) is 6.42 Å². The predicted octanol–water partition coefficient (Wildman–Crippen LogP) is -0.658. The number of aliphatic hydroxyl groups excluding tert-OH is 1. The molecule has 0 heterocycles. The van der Waals surface area contributed by atoms with E-state index >= 15 is 0 Å². The smallest absolute Gasteiger partial charge is 0.0715 e. The van der Waals surface area contributed by atoms with Crippen LogP contribution in [0.25, 0.3) is 0 Å². The quantitative estimate of drug-likeness (QED) is 0.516. The highest BCUT2D eigenvalue weighted by Gasteiger charge is 2.00. The number of aliphatic hydroxyl groups is 1. The van der Waals surface area contributed by atoms with E-state index in [4.69, 9.17) is 15.6 Å². The van der Waals surface area contributed by atoms with Crippen molar-refractivity contribution in [2.75, 3.05) is 20.3 Å². The third kappa shape index (κ3) is 2.96. The number of nitrogens with two attached hydrogens (primary N) is 1. The van der Waals surface area contributed by atoms with Crippen LogP contribution in [0, 0.1) is 0 Å². The van der Waals surface area contributed by atoms with Crippen LogP contribution in [0.15, 0.2) is 0 Å². The summed E-state index contributed by atoms with van der Waals surface area (Å²) in [6.07, 6.45) is 0.660. The molecule has 0 aromatic heterocycles. The molecule has 0 bridgehead atoms. The Morgan fingerprint density at radius 2 is 2.38 bits per heavy atom. The van der Waals surface area contributed by atoms with Crippen LogP contribution in [0.5, 0.6) is 0 Å². The summed E-state index contributed by atoms with van der Waals surface area (Å²) in [5.74, 6) is 0. The predicted molar refractivity (Wildman–Crippen MR) is 31.6 cm³/mol. The van der Waals surface area contributed by atoms with Gasteiger partial charge in [0.1, 0.15) is 0 Å². The summed E-state index contributed by atoms with van der Waals surface area (Å²) >= 11 is 0. The van der Waals surface area contributed by atoms with E-state index in [0.29, 0.717) is 13.0 Å². The van der Waals surface area contributed by atoms with Crippen LogP contribution in [-0.2, 0) is 4.74 Å². The fourth-order valence-corrected chi connectivity index (χ4v) is 0.476. The van der Waals surface area contributed by atoms with Crippen LogP contribution in [0.3, 0.4) is 0 Å². The van der Waals surface area contributed by atoms with Crippen LogP contribution in [0.2, 0.25) is 0 Å². The molecule has 3 nitrogen and oxygen atoms in total. The Kier molecular flexibility index (Phi) is 4.95. The van der Waals surface area contributed by atoms with Crippen molar-refractivity contribution in [3.63, 3.8) is 0 Å². The van der Waals surface area contributed by atoms with Gasteiger partial charge in [0, 0.05) is 20.3 Å². The van der Waals surface area contributed by atoms with Gasteiger partial charge in [-0.1, -0.05) is 0 Å². The van der Waals surface area contributed by atoms with Gasteiger partial charge in [-0.15, -0.1) is 0 Å². The van der Waals surface area contributed by atoms with Gasteiger partial charge in [0.15, 0.2) is 0 Å². The molecule has 3 heteroatoms. The minimum atomic E-state index is 0.0278. The van der Waals surface area contributed by atoms with Gasteiger partial charge >= 0.3 is 0 Å². The molecule has 1 unspecified atom stereocenters. The molecular formula is C5H13NO2. The van der Waals surface area contributed by atoms with Crippen LogP contribution < -0.4 is 5.73 Å². The summed E-state index contributed by atoms with van der Waals surface area (Å²) in [7, 11) is 1.59. The highest BCUT2D eigenvalue weighted by molar-refractivity contribution is 4.54. The zero-order valence-corrected chi connectivity index (χ0v) is 5.13. The number of hydrogen-bond acceptors (Lipinski definition) is 3. The van der Waals surface area contributed by atoms with Crippen molar-refractivity contribution in [3.8, 4) is 0 Å². The molecule has 0 aliphatic heterocycles. The Morgan fingerprint density at radius 3 is 2.50 bits per heavy atom. The van der Waals surface area contributed by atoms with E-state index in [-0.39, 0.29) is 12.7 Å². The van der Waals surface area contributed by atoms with Crippen LogP contribution >= 0.6 is 0 Å². The normalized spacial score (nSPS) is 13.9. The number of hydrogen-bond donors (Lipinski definition) is 2. The molecule has 0 fully saturated rings. The molecule has 3 N–H and O–H groups in total. The van der Waals surface area contributed by atoms with Crippen molar-refractivity contribution in [2.45, 2.75) is 12.5 Å². The molecule has 1 atom stereocenters. The average Bonchev–Trinajstić information content (AvgIpc) is 1.83. The Bertz CT molecular complexity index is 45.7. The number of methoxy groups -OCH3 is 1. The van der Waals surface area contributed by atoms with Crippen molar-refractivity contribution < 1.29 is 9.84 Å². The maximum Gasteiger partial charge on any atom is 0.0715 e. The van der Waals surface area contributed by atoms with Crippen molar-refractivity contribution in [2.24, 2.45) is 5.73 Å². The summed E-state index contributed by atoms with van der Waals surface area (Å²) in [6, 6.07) is 0. The maximum absolute atomic E-state index is 8.36. The SMILES string of the molecule is COC(CN)CCO. The molecule has 50 valence electrons. The molecule has 8 heavy (non-hydrogen) atoms. The van der Waals surface area contributed by atoms with Crippen LogP contribution in [0.1, 0.15) is 6.42 Å². The fraction of sp³-hybridized carbons (Fsp3) is 1.00. The van der Waals surface area contributed by atoms with E-state index in [1.54, 1.807) is 7.11 Å². The van der Waals surface area contributed by atoms with E-state index in [1.165, 1.54) is 0 Å². The second kappa shape index (κ2) is 5.03. The summed E-state index contributed by atoms with van der Waals surface area (Å²) in [5.41, 5.74) is 5.23. The van der Waals surface area contributed by atoms with E-state index < -0.39 is 0 Å². The fourth-order valence-electron chi connectivity index (χ4n) is 0.476. The van der Waals surface area contributed by atoms with Crippen molar-refractivity contribution in [1.29, 1.82) is 0 Å². The second-order valence-corrected chi connectivity index (χ2v) is 1.61. The lowest BCUT2D eigenvalue weighted by atomic mass is 10.3. The molecular weight excluding hydrogens is 106 g/mol. The number of ether oxygens (including phenoxy) is 1. The highest BCUT2D eigenvalue weighted by Crippen LogP contribution is 1.90. The lowest BCUT2D eigenvalue weighted by molar-refractivity contribution is 0.0840.